The number of benzene rings is 2. The minimum absolute atomic E-state index is 0.231. The lowest BCUT2D eigenvalue weighted by Crippen LogP contribution is -1.95. The SMILES string of the molecule is N#CC(C=Nc1ccc2c(c1)OCO2)c1nc2ccccc2s1. The molecule has 1 aromatic heterocycles. The number of ether oxygens (including phenoxy) is 2. The third-order valence-corrected chi connectivity index (χ3v) is 4.56. The van der Waals surface area contributed by atoms with Crippen molar-refractivity contribution in [3.05, 3.63) is 47.5 Å². The van der Waals surface area contributed by atoms with Crippen LogP contribution in [0.25, 0.3) is 10.2 Å². The Kier molecular flexibility index (Phi) is 3.41. The smallest absolute Gasteiger partial charge is 0.231 e. The van der Waals surface area contributed by atoms with Crippen LogP contribution in [0, 0.1) is 11.3 Å². The third-order valence-electron chi connectivity index (χ3n) is 3.44. The number of nitriles is 1. The number of hydrogen-bond acceptors (Lipinski definition) is 6. The number of fused-ring (bicyclic) bond motifs is 2. The molecule has 1 atom stereocenters. The number of aliphatic imine (C=N–C) groups is 1. The molecule has 23 heavy (non-hydrogen) atoms. The molecular weight excluding hydrogens is 310 g/mol. The van der Waals surface area contributed by atoms with Crippen LogP contribution < -0.4 is 9.47 Å². The minimum Gasteiger partial charge on any atom is -0.454 e. The summed E-state index contributed by atoms with van der Waals surface area (Å²) < 4.78 is 11.7. The highest BCUT2D eigenvalue weighted by atomic mass is 32.1. The van der Waals surface area contributed by atoms with E-state index in [-0.39, 0.29) is 6.79 Å². The van der Waals surface area contributed by atoms with Crippen molar-refractivity contribution in [2.45, 2.75) is 5.92 Å². The van der Waals surface area contributed by atoms with Gasteiger partial charge in [0.05, 0.1) is 22.0 Å². The fraction of sp³-hybridized carbons (Fsp3) is 0.118. The first-order valence-electron chi connectivity index (χ1n) is 7.02. The highest BCUT2D eigenvalue weighted by Gasteiger charge is 2.15. The van der Waals surface area contributed by atoms with Crippen molar-refractivity contribution in [2.24, 2.45) is 4.99 Å². The van der Waals surface area contributed by atoms with Crippen molar-refractivity contribution in [1.82, 2.24) is 4.98 Å². The molecule has 2 aromatic carbocycles. The molecule has 1 unspecified atom stereocenters. The lowest BCUT2D eigenvalue weighted by atomic mass is 10.2. The van der Waals surface area contributed by atoms with Crippen molar-refractivity contribution in [2.75, 3.05) is 6.79 Å². The van der Waals surface area contributed by atoms with E-state index in [1.807, 2.05) is 36.4 Å². The van der Waals surface area contributed by atoms with Crippen LogP contribution in [0.1, 0.15) is 10.9 Å². The molecule has 3 aromatic rings. The van der Waals surface area contributed by atoms with Gasteiger partial charge < -0.3 is 9.47 Å². The molecule has 6 heteroatoms. The van der Waals surface area contributed by atoms with Gasteiger partial charge >= 0.3 is 0 Å². The quantitative estimate of drug-likeness (QED) is 0.683. The summed E-state index contributed by atoms with van der Waals surface area (Å²) in [6.07, 6.45) is 1.62. The fourth-order valence-corrected chi connectivity index (χ4v) is 3.28. The number of hydrogen-bond donors (Lipinski definition) is 0. The molecular formula is C17H11N3O2S. The molecule has 1 aliphatic heterocycles. The van der Waals surface area contributed by atoms with Gasteiger partial charge in [-0.2, -0.15) is 5.26 Å². The summed E-state index contributed by atoms with van der Waals surface area (Å²) in [7, 11) is 0. The molecule has 0 saturated carbocycles. The molecule has 0 spiro atoms. The Morgan fingerprint density at radius 1 is 1.22 bits per heavy atom. The summed E-state index contributed by atoms with van der Waals surface area (Å²) in [6.45, 7) is 0.231. The van der Waals surface area contributed by atoms with Crippen molar-refractivity contribution in [3.8, 4) is 17.6 Å². The van der Waals surface area contributed by atoms with Gasteiger partial charge in [0.2, 0.25) is 6.79 Å². The summed E-state index contributed by atoms with van der Waals surface area (Å²) in [5.74, 6) is 0.915. The Hall–Kier alpha value is -2.91. The Balaban J connectivity index is 1.61. The van der Waals surface area contributed by atoms with Gasteiger partial charge in [0.1, 0.15) is 10.9 Å². The summed E-state index contributed by atoms with van der Waals surface area (Å²) >= 11 is 1.52. The minimum atomic E-state index is -0.474. The molecule has 0 amide bonds. The predicted molar refractivity (Wildman–Crippen MR) is 88.7 cm³/mol. The molecule has 0 N–H and O–H groups in total. The molecule has 0 saturated heterocycles. The van der Waals surface area contributed by atoms with Crippen LogP contribution in [-0.2, 0) is 0 Å². The molecule has 0 radical (unpaired) electrons. The van der Waals surface area contributed by atoms with Crippen molar-refractivity contribution in [1.29, 1.82) is 5.26 Å². The van der Waals surface area contributed by atoms with E-state index in [2.05, 4.69) is 16.0 Å². The van der Waals surface area contributed by atoms with Crippen LogP contribution in [0.4, 0.5) is 5.69 Å². The van der Waals surface area contributed by atoms with E-state index in [0.717, 1.165) is 20.9 Å². The maximum atomic E-state index is 9.42. The standard InChI is InChI=1S/C17H11N3O2S/c18-8-11(17-20-13-3-1-2-4-16(13)23-17)9-19-12-5-6-14-15(7-12)22-10-21-14/h1-7,9,11H,10H2. The second kappa shape index (κ2) is 5.71. The topological polar surface area (TPSA) is 67.5 Å². The number of aromatic nitrogens is 1. The Bertz CT molecular complexity index is 909. The van der Waals surface area contributed by atoms with E-state index >= 15 is 0 Å². The zero-order valence-corrected chi connectivity index (χ0v) is 12.8. The van der Waals surface area contributed by atoms with Crippen LogP contribution in [-0.4, -0.2) is 18.0 Å². The van der Waals surface area contributed by atoms with Gasteiger partial charge in [-0.05, 0) is 24.3 Å². The fourth-order valence-electron chi connectivity index (χ4n) is 2.30. The highest BCUT2D eigenvalue weighted by Crippen LogP contribution is 2.35. The van der Waals surface area contributed by atoms with E-state index in [0.29, 0.717) is 11.5 Å². The lowest BCUT2D eigenvalue weighted by Gasteiger charge is -1.99. The number of nitrogens with zero attached hydrogens (tertiary/aromatic N) is 3. The molecule has 2 heterocycles. The number of para-hydroxylation sites is 1. The Morgan fingerprint density at radius 3 is 2.96 bits per heavy atom. The highest BCUT2D eigenvalue weighted by molar-refractivity contribution is 7.18. The average Bonchev–Trinajstić information content (AvgIpc) is 3.21. The molecule has 0 aliphatic carbocycles. The van der Waals surface area contributed by atoms with Gasteiger partial charge in [0.15, 0.2) is 11.5 Å². The van der Waals surface area contributed by atoms with Gasteiger partial charge in [-0.25, -0.2) is 4.98 Å². The van der Waals surface area contributed by atoms with Gasteiger partial charge in [0, 0.05) is 12.3 Å². The molecule has 0 fully saturated rings. The molecule has 112 valence electrons. The molecule has 0 bridgehead atoms. The lowest BCUT2D eigenvalue weighted by molar-refractivity contribution is 0.174. The number of rotatable bonds is 3. The van der Waals surface area contributed by atoms with Crippen molar-refractivity contribution in [3.63, 3.8) is 0 Å². The second-order valence-corrected chi connectivity index (χ2v) is 6.00. The van der Waals surface area contributed by atoms with Crippen LogP contribution >= 0.6 is 11.3 Å². The first-order valence-corrected chi connectivity index (χ1v) is 7.84. The predicted octanol–water partition coefficient (Wildman–Crippen LogP) is 4.03. The Morgan fingerprint density at radius 2 is 2.09 bits per heavy atom. The maximum absolute atomic E-state index is 9.42. The molecule has 1 aliphatic rings. The van der Waals surface area contributed by atoms with E-state index in [9.17, 15) is 5.26 Å². The third kappa shape index (κ3) is 2.62. The van der Waals surface area contributed by atoms with Crippen LogP contribution in [0.2, 0.25) is 0 Å². The van der Waals surface area contributed by atoms with Crippen molar-refractivity contribution >= 4 is 33.5 Å². The first-order chi connectivity index (χ1) is 11.3. The molecule has 5 nitrogen and oxygen atoms in total. The van der Waals surface area contributed by atoms with E-state index in [4.69, 9.17) is 9.47 Å². The van der Waals surface area contributed by atoms with Crippen LogP contribution in [0.3, 0.4) is 0 Å². The summed E-state index contributed by atoms with van der Waals surface area (Å²) in [4.78, 5) is 8.90. The van der Waals surface area contributed by atoms with Gasteiger partial charge in [-0.1, -0.05) is 12.1 Å². The second-order valence-electron chi connectivity index (χ2n) is 4.94. The summed E-state index contributed by atoms with van der Waals surface area (Å²) in [5.41, 5.74) is 1.62. The average molecular weight is 321 g/mol. The Labute approximate surface area is 136 Å². The monoisotopic (exact) mass is 321 g/mol. The van der Waals surface area contributed by atoms with E-state index in [1.54, 1.807) is 12.3 Å². The zero-order valence-electron chi connectivity index (χ0n) is 12.0. The maximum Gasteiger partial charge on any atom is 0.231 e. The largest absolute Gasteiger partial charge is 0.454 e. The van der Waals surface area contributed by atoms with Gasteiger partial charge in [0.25, 0.3) is 0 Å². The van der Waals surface area contributed by atoms with E-state index < -0.39 is 5.92 Å². The van der Waals surface area contributed by atoms with Crippen LogP contribution in [0.15, 0.2) is 47.5 Å². The van der Waals surface area contributed by atoms with E-state index in [1.165, 1.54) is 11.3 Å². The molecule has 4 rings (SSSR count). The normalized spacial score (nSPS) is 14.2. The van der Waals surface area contributed by atoms with Gasteiger partial charge in [-0.15, -0.1) is 11.3 Å². The van der Waals surface area contributed by atoms with Gasteiger partial charge in [-0.3, -0.25) is 4.99 Å². The zero-order chi connectivity index (χ0) is 15.6. The van der Waals surface area contributed by atoms with Crippen molar-refractivity contribution < 1.29 is 9.47 Å². The summed E-state index contributed by atoms with van der Waals surface area (Å²) in [5, 5.41) is 10.2. The summed E-state index contributed by atoms with van der Waals surface area (Å²) in [6, 6.07) is 15.5. The first kappa shape index (κ1) is 13.7. The van der Waals surface area contributed by atoms with Crippen LogP contribution in [0.5, 0.6) is 11.5 Å². The number of thiazole rings is 1.